The zero-order valence-electron chi connectivity index (χ0n) is 48.2. The van der Waals surface area contributed by atoms with Gasteiger partial charge in [0.15, 0.2) is 0 Å². The van der Waals surface area contributed by atoms with Crippen molar-refractivity contribution in [2.24, 2.45) is 0 Å². The molecule has 0 aliphatic carbocycles. The monoisotopic (exact) mass is 1000 g/mol. The zero-order chi connectivity index (χ0) is 51.4. The number of rotatable bonds is 61. The first-order chi connectivity index (χ1) is 35.0. The molecule has 0 rings (SSSR count). The number of hydrogen-bond acceptors (Lipinski definition) is 5. The van der Waals surface area contributed by atoms with Crippen molar-refractivity contribution in [2.75, 3.05) is 13.2 Å². The lowest BCUT2D eigenvalue weighted by atomic mass is 10.0. The maximum absolute atomic E-state index is 12.5. The standard InChI is InChI=1S/C65H127NO5/c1-3-5-7-9-11-13-15-17-19-21-22-23-24-26-29-33-37-41-45-49-53-57-63(68)62(61-67)66-64(69)58-54-50-46-42-38-34-30-27-25-28-32-36-40-44-48-52-56-60-71-65(70)59-55-51-47-43-39-35-31-20-18-16-14-12-10-8-6-4-2/h20,31,62-63,67-68H,3-19,21-30,32-61H2,1-2H3,(H,66,69)/b31-20-. The van der Waals surface area contributed by atoms with E-state index in [1.807, 2.05) is 0 Å². The molecule has 6 nitrogen and oxygen atoms in total. The third kappa shape index (κ3) is 57.7. The normalized spacial score (nSPS) is 12.6. The van der Waals surface area contributed by atoms with Crippen LogP contribution in [0.5, 0.6) is 0 Å². The van der Waals surface area contributed by atoms with E-state index in [2.05, 4.69) is 31.3 Å². The number of carbonyl (C=O) groups excluding carboxylic acids is 2. The Kier molecular flexibility index (Phi) is 59.9. The van der Waals surface area contributed by atoms with Crippen LogP contribution in [0.3, 0.4) is 0 Å². The van der Waals surface area contributed by atoms with Gasteiger partial charge in [0.25, 0.3) is 0 Å². The third-order valence-electron chi connectivity index (χ3n) is 15.3. The van der Waals surface area contributed by atoms with E-state index >= 15 is 0 Å². The van der Waals surface area contributed by atoms with Gasteiger partial charge < -0.3 is 20.3 Å². The van der Waals surface area contributed by atoms with Gasteiger partial charge in [0, 0.05) is 12.8 Å². The zero-order valence-corrected chi connectivity index (χ0v) is 48.2. The van der Waals surface area contributed by atoms with Gasteiger partial charge in [-0.1, -0.05) is 315 Å². The van der Waals surface area contributed by atoms with Crippen LogP contribution in [0.2, 0.25) is 0 Å². The van der Waals surface area contributed by atoms with Gasteiger partial charge in [-0.05, 0) is 51.4 Å². The van der Waals surface area contributed by atoms with Crippen molar-refractivity contribution in [3.05, 3.63) is 12.2 Å². The van der Waals surface area contributed by atoms with E-state index in [-0.39, 0.29) is 18.5 Å². The molecule has 0 bridgehead atoms. The summed E-state index contributed by atoms with van der Waals surface area (Å²) in [5.41, 5.74) is 0. The van der Waals surface area contributed by atoms with Crippen molar-refractivity contribution in [3.8, 4) is 0 Å². The van der Waals surface area contributed by atoms with Gasteiger partial charge in [-0.15, -0.1) is 0 Å². The second-order valence-corrected chi connectivity index (χ2v) is 22.5. The summed E-state index contributed by atoms with van der Waals surface area (Å²) in [5, 5.41) is 23.4. The van der Waals surface area contributed by atoms with E-state index in [4.69, 9.17) is 4.74 Å². The highest BCUT2D eigenvalue weighted by Gasteiger charge is 2.20. The van der Waals surface area contributed by atoms with Crippen molar-refractivity contribution >= 4 is 11.9 Å². The lowest BCUT2D eigenvalue weighted by Gasteiger charge is -2.22. The molecule has 0 heterocycles. The molecular formula is C65H127NO5. The van der Waals surface area contributed by atoms with E-state index in [9.17, 15) is 19.8 Å². The van der Waals surface area contributed by atoms with Gasteiger partial charge in [-0.2, -0.15) is 0 Å². The number of amides is 1. The minimum atomic E-state index is -0.669. The molecular weight excluding hydrogens is 875 g/mol. The first-order valence-corrected chi connectivity index (χ1v) is 32.4. The highest BCUT2D eigenvalue weighted by atomic mass is 16.5. The van der Waals surface area contributed by atoms with Crippen LogP contribution in [0.1, 0.15) is 367 Å². The van der Waals surface area contributed by atoms with E-state index in [1.165, 1.54) is 289 Å². The fourth-order valence-electron chi connectivity index (χ4n) is 10.3. The first kappa shape index (κ1) is 69.6. The Hall–Kier alpha value is -1.40. The van der Waals surface area contributed by atoms with Crippen LogP contribution in [0.25, 0.3) is 0 Å². The highest BCUT2D eigenvalue weighted by molar-refractivity contribution is 5.76. The van der Waals surface area contributed by atoms with Gasteiger partial charge in [-0.3, -0.25) is 9.59 Å². The number of hydrogen-bond donors (Lipinski definition) is 3. The molecule has 0 spiro atoms. The number of carbonyl (C=O) groups is 2. The Morgan fingerprint density at radius 2 is 0.662 bits per heavy atom. The molecule has 71 heavy (non-hydrogen) atoms. The van der Waals surface area contributed by atoms with Crippen molar-refractivity contribution in [1.29, 1.82) is 0 Å². The molecule has 1 amide bonds. The summed E-state index contributed by atoms with van der Waals surface area (Å²) in [4.78, 5) is 24.6. The van der Waals surface area contributed by atoms with Crippen LogP contribution in [0, 0.1) is 0 Å². The Balaban J connectivity index is 3.41. The summed E-state index contributed by atoms with van der Waals surface area (Å²) in [6.07, 6.45) is 73.6. The first-order valence-electron chi connectivity index (χ1n) is 32.4. The molecule has 2 atom stereocenters. The predicted molar refractivity (Wildman–Crippen MR) is 310 cm³/mol. The van der Waals surface area contributed by atoms with Gasteiger partial charge in [-0.25, -0.2) is 0 Å². The molecule has 2 unspecified atom stereocenters. The molecule has 3 N–H and O–H groups in total. The molecule has 0 aromatic heterocycles. The van der Waals surface area contributed by atoms with Crippen molar-refractivity contribution < 1.29 is 24.5 Å². The molecule has 0 saturated heterocycles. The van der Waals surface area contributed by atoms with Crippen LogP contribution >= 0.6 is 0 Å². The van der Waals surface area contributed by atoms with Crippen molar-refractivity contribution in [3.63, 3.8) is 0 Å². The van der Waals surface area contributed by atoms with Gasteiger partial charge in [0.05, 0.1) is 25.4 Å². The average molecular weight is 1000 g/mol. The van der Waals surface area contributed by atoms with E-state index < -0.39 is 12.1 Å². The molecule has 0 aliphatic heterocycles. The van der Waals surface area contributed by atoms with Crippen LogP contribution in [0.15, 0.2) is 12.2 Å². The predicted octanol–water partition coefficient (Wildman–Crippen LogP) is 20.4. The molecule has 0 saturated carbocycles. The van der Waals surface area contributed by atoms with E-state index in [0.29, 0.717) is 25.9 Å². The second kappa shape index (κ2) is 61.1. The number of esters is 1. The average Bonchev–Trinajstić information content (AvgIpc) is 3.37. The molecule has 0 aromatic rings. The van der Waals surface area contributed by atoms with Crippen LogP contribution in [-0.2, 0) is 14.3 Å². The molecule has 6 heteroatoms. The molecule has 0 aromatic carbocycles. The molecule has 0 aliphatic rings. The number of allylic oxidation sites excluding steroid dienone is 2. The Bertz CT molecular complexity index is 1060. The fraction of sp³-hybridized carbons (Fsp3) is 0.938. The minimum Gasteiger partial charge on any atom is -0.466 e. The van der Waals surface area contributed by atoms with Crippen molar-refractivity contribution in [1.82, 2.24) is 5.32 Å². The largest absolute Gasteiger partial charge is 0.466 e. The van der Waals surface area contributed by atoms with Gasteiger partial charge >= 0.3 is 5.97 Å². The Morgan fingerprint density at radius 1 is 0.380 bits per heavy atom. The topological polar surface area (TPSA) is 95.9 Å². The molecule has 0 radical (unpaired) electrons. The minimum absolute atomic E-state index is 0.000759. The number of aliphatic hydroxyl groups is 2. The summed E-state index contributed by atoms with van der Waals surface area (Å²) >= 11 is 0. The molecule has 0 fully saturated rings. The van der Waals surface area contributed by atoms with Crippen LogP contribution < -0.4 is 5.32 Å². The summed E-state index contributed by atoms with van der Waals surface area (Å²) in [6, 6.07) is -0.546. The van der Waals surface area contributed by atoms with Gasteiger partial charge in [0.2, 0.25) is 5.91 Å². The number of unbranched alkanes of at least 4 members (excludes halogenated alkanes) is 48. The summed E-state index contributed by atoms with van der Waals surface area (Å²) in [7, 11) is 0. The van der Waals surface area contributed by atoms with Crippen LogP contribution in [0.4, 0.5) is 0 Å². The Labute approximate surface area is 444 Å². The maximum Gasteiger partial charge on any atom is 0.305 e. The van der Waals surface area contributed by atoms with Crippen molar-refractivity contribution in [2.45, 2.75) is 379 Å². The fourth-order valence-corrected chi connectivity index (χ4v) is 10.3. The summed E-state index contributed by atoms with van der Waals surface area (Å²) in [5.74, 6) is -0.0370. The highest BCUT2D eigenvalue weighted by Crippen LogP contribution is 2.18. The van der Waals surface area contributed by atoms with E-state index in [1.54, 1.807) is 0 Å². The quantitative estimate of drug-likeness (QED) is 0.0320. The molecule has 422 valence electrons. The number of ether oxygens (including phenoxy) is 1. The SMILES string of the molecule is CCCCCCCCC/C=C\CCCCCCCC(=O)OCCCCCCCCCCCCCCCCCCCC(=O)NC(CO)C(O)CCCCCCCCCCCCCCCCCCCCCCC. The number of aliphatic hydroxyl groups excluding tert-OH is 2. The Morgan fingerprint density at radius 3 is 1.00 bits per heavy atom. The van der Waals surface area contributed by atoms with E-state index in [0.717, 1.165) is 44.9 Å². The maximum atomic E-state index is 12.5. The smallest absolute Gasteiger partial charge is 0.305 e. The van der Waals surface area contributed by atoms with Gasteiger partial charge in [0.1, 0.15) is 0 Å². The lowest BCUT2D eigenvalue weighted by Crippen LogP contribution is -2.45. The summed E-state index contributed by atoms with van der Waals surface area (Å²) < 4.78 is 5.49. The summed E-state index contributed by atoms with van der Waals surface area (Å²) in [6.45, 7) is 4.97. The lowest BCUT2D eigenvalue weighted by molar-refractivity contribution is -0.143. The second-order valence-electron chi connectivity index (χ2n) is 22.5. The third-order valence-corrected chi connectivity index (χ3v) is 15.3. The number of nitrogens with one attached hydrogen (secondary N) is 1. The van der Waals surface area contributed by atoms with Crippen LogP contribution in [-0.4, -0.2) is 47.4 Å².